The second-order valence-corrected chi connectivity index (χ2v) is 2.29. The third kappa shape index (κ3) is 1.28. The molecule has 1 heterocycles. The van der Waals surface area contributed by atoms with Gasteiger partial charge in [0, 0.05) is 0 Å². The molecule has 0 aromatic carbocycles. The lowest BCUT2D eigenvalue weighted by atomic mass is 10.3. The quantitative estimate of drug-likeness (QED) is 0.720. The largest absolute Gasteiger partial charge is 0.503 e. The molecule has 0 saturated carbocycles. The molecule has 0 saturated heterocycles. The number of hydrogen-bond acceptors (Lipinski definition) is 4. The van der Waals surface area contributed by atoms with E-state index in [4.69, 9.17) is 9.47 Å². The van der Waals surface area contributed by atoms with Crippen molar-refractivity contribution in [1.82, 2.24) is 4.98 Å². The van der Waals surface area contributed by atoms with Crippen molar-refractivity contribution in [2.45, 2.75) is 6.92 Å². The van der Waals surface area contributed by atoms with E-state index in [0.29, 0.717) is 17.2 Å². The van der Waals surface area contributed by atoms with Crippen molar-refractivity contribution in [2.24, 2.45) is 0 Å². The molecule has 0 amide bonds. The van der Waals surface area contributed by atoms with Crippen LogP contribution in [0, 0.1) is 6.92 Å². The summed E-state index contributed by atoms with van der Waals surface area (Å²) in [6, 6.07) is 0. The van der Waals surface area contributed by atoms with Crippen LogP contribution >= 0.6 is 0 Å². The maximum Gasteiger partial charge on any atom is 0.206 e. The van der Waals surface area contributed by atoms with Crippen LogP contribution < -0.4 is 9.47 Å². The van der Waals surface area contributed by atoms with Crippen molar-refractivity contribution in [3.05, 3.63) is 11.9 Å². The average molecular weight is 169 g/mol. The van der Waals surface area contributed by atoms with Gasteiger partial charge in [-0.3, -0.25) is 4.98 Å². The molecule has 4 nitrogen and oxygen atoms in total. The van der Waals surface area contributed by atoms with Crippen molar-refractivity contribution >= 4 is 0 Å². The van der Waals surface area contributed by atoms with Gasteiger partial charge in [0.15, 0.2) is 11.5 Å². The number of pyridine rings is 1. The van der Waals surface area contributed by atoms with Gasteiger partial charge in [-0.05, 0) is 6.92 Å². The fourth-order valence-electron chi connectivity index (χ4n) is 0.899. The van der Waals surface area contributed by atoms with Gasteiger partial charge in [-0.15, -0.1) is 0 Å². The van der Waals surface area contributed by atoms with Crippen LogP contribution in [-0.4, -0.2) is 24.3 Å². The number of aryl methyl sites for hydroxylation is 1. The summed E-state index contributed by atoms with van der Waals surface area (Å²) in [4.78, 5) is 3.90. The number of hydrogen-bond donors (Lipinski definition) is 1. The minimum Gasteiger partial charge on any atom is -0.503 e. The van der Waals surface area contributed by atoms with E-state index >= 15 is 0 Å². The van der Waals surface area contributed by atoms with E-state index in [1.807, 2.05) is 0 Å². The van der Waals surface area contributed by atoms with Crippen LogP contribution in [0.5, 0.6) is 17.2 Å². The molecule has 0 bridgehead atoms. The molecule has 66 valence electrons. The summed E-state index contributed by atoms with van der Waals surface area (Å²) in [5, 5.41) is 9.44. The molecule has 0 fully saturated rings. The molecule has 0 aliphatic carbocycles. The standard InChI is InChI=1S/C8H11NO3/c1-5-7(10)8(12-3)6(11-2)4-9-5/h4,10H,1-3H3. The summed E-state index contributed by atoms with van der Waals surface area (Å²) >= 11 is 0. The summed E-state index contributed by atoms with van der Waals surface area (Å²) in [5.41, 5.74) is 0.521. The summed E-state index contributed by atoms with van der Waals surface area (Å²) in [5.74, 6) is 0.780. The van der Waals surface area contributed by atoms with E-state index in [0.717, 1.165) is 0 Å². The second kappa shape index (κ2) is 3.30. The minimum atomic E-state index is 0.0249. The molecule has 0 radical (unpaired) electrons. The smallest absolute Gasteiger partial charge is 0.206 e. The van der Waals surface area contributed by atoms with Gasteiger partial charge in [0.05, 0.1) is 26.1 Å². The number of aromatic nitrogens is 1. The predicted octanol–water partition coefficient (Wildman–Crippen LogP) is 1.11. The Bertz CT molecular complexity index is 286. The van der Waals surface area contributed by atoms with Crippen LogP contribution in [-0.2, 0) is 0 Å². The van der Waals surface area contributed by atoms with Gasteiger partial charge >= 0.3 is 0 Å². The highest BCUT2D eigenvalue weighted by Crippen LogP contribution is 2.36. The highest BCUT2D eigenvalue weighted by molar-refractivity contribution is 5.50. The topological polar surface area (TPSA) is 51.6 Å². The Morgan fingerprint density at radius 1 is 1.33 bits per heavy atom. The van der Waals surface area contributed by atoms with Gasteiger partial charge in [-0.25, -0.2) is 0 Å². The van der Waals surface area contributed by atoms with Crippen molar-refractivity contribution in [3.63, 3.8) is 0 Å². The van der Waals surface area contributed by atoms with E-state index in [1.54, 1.807) is 6.92 Å². The van der Waals surface area contributed by atoms with E-state index in [-0.39, 0.29) is 5.75 Å². The van der Waals surface area contributed by atoms with Crippen LogP contribution in [0.2, 0.25) is 0 Å². The normalized spacial score (nSPS) is 9.58. The lowest BCUT2D eigenvalue weighted by Gasteiger charge is -2.09. The molecule has 4 heteroatoms. The zero-order valence-electron chi connectivity index (χ0n) is 7.29. The van der Waals surface area contributed by atoms with Crippen LogP contribution in [0.4, 0.5) is 0 Å². The SMILES string of the molecule is COc1cnc(C)c(O)c1OC. The summed E-state index contributed by atoms with van der Waals surface area (Å²) < 4.78 is 9.86. The van der Waals surface area contributed by atoms with Gasteiger partial charge in [-0.1, -0.05) is 0 Å². The Morgan fingerprint density at radius 2 is 2.00 bits per heavy atom. The first-order chi connectivity index (χ1) is 5.70. The van der Waals surface area contributed by atoms with E-state index in [2.05, 4.69) is 4.98 Å². The zero-order valence-corrected chi connectivity index (χ0v) is 7.29. The fourth-order valence-corrected chi connectivity index (χ4v) is 0.899. The Labute approximate surface area is 70.8 Å². The summed E-state index contributed by atoms with van der Waals surface area (Å²) in [7, 11) is 2.96. The molecule has 1 aromatic rings. The molecular weight excluding hydrogens is 158 g/mol. The molecule has 0 unspecified atom stereocenters. The molecule has 1 aromatic heterocycles. The summed E-state index contributed by atoms with van der Waals surface area (Å²) in [6.45, 7) is 1.69. The van der Waals surface area contributed by atoms with Gasteiger partial charge in [0.1, 0.15) is 0 Å². The van der Waals surface area contributed by atoms with Crippen LogP contribution in [0.25, 0.3) is 0 Å². The number of rotatable bonds is 2. The first-order valence-corrected chi connectivity index (χ1v) is 3.47. The highest BCUT2D eigenvalue weighted by Gasteiger charge is 2.11. The Morgan fingerprint density at radius 3 is 2.50 bits per heavy atom. The Hall–Kier alpha value is -1.45. The molecule has 1 N–H and O–H groups in total. The molecule has 12 heavy (non-hydrogen) atoms. The van der Waals surface area contributed by atoms with Gasteiger partial charge < -0.3 is 14.6 Å². The van der Waals surface area contributed by atoms with E-state index < -0.39 is 0 Å². The van der Waals surface area contributed by atoms with Crippen molar-refractivity contribution in [1.29, 1.82) is 0 Å². The second-order valence-electron chi connectivity index (χ2n) is 2.29. The molecule has 0 spiro atoms. The van der Waals surface area contributed by atoms with E-state index in [9.17, 15) is 5.11 Å². The van der Waals surface area contributed by atoms with Crippen molar-refractivity contribution in [2.75, 3.05) is 14.2 Å². The predicted molar refractivity (Wildman–Crippen MR) is 43.7 cm³/mol. The van der Waals surface area contributed by atoms with Gasteiger partial charge in [0.25, 0.3) is 0 Å². The zero-order chi connectivity index (χ0) is 9.14. The third-order valence-corrected chi connectivity index (χ3v) is 1.58. The monoisotopic (exact) mass is 169 g/mol. The van der Waals surface area contributed by atoms with Crippen LogP contribution in [0.1, 0.15) is 5.69 Å². The van der Waals surface area contributed by atoms with E-state index in [1.165, 1.54) is 20.4 Å². The lowest BCUT2D eigenvalue weighted by molar-refractivity contribution is 0.329. The number of aromatic hydroxyl groups is 1. The Balaban J connectivity index is 3.25. The molecule has 0 aliphatic heterocycles. The Kier molecular flexibility index (Phi) is 2.38. The first-order valence-electron chi connectivity index (χ1n) is 3.47. The van der Waals surface area contributed by atoms with Gasteiger partial charge in [0.2, 0.25) is 5.75 Å². The van der Waals surface area contributed by atoms with Crippen LogP contribution in [0.3, 0.4) is 0 Å². The van der Waals surface area contributed by atoms with Crippen LogP contribution in [0.15, 0.2) is 6.20 Å². The number of ether oxygens (including phenoxy) is 2. The maximum absolute atomic E-state index is 9.44. The fraction of sp³-hybridized carbons (Fsp3) is 0.375. The maximum atomic E-state index is 9.44. The highest BCUT2D eigenvalue weighted by atomic mass is 16.5. The molecule has 0 atom stereocenters. The number of nitrogens with zero attached hydrogens (tertiary/aromatic N) is 1. The molecular formula is C8H11NO3. The van der Waals surface area contributed by atoms with Crippen molar-refractivity contribution in [3.8, 4) is 17.2 Å². The first kappa shape index (κ1) is 8.64. The molecule has 0 aliphatic rings. The number of methoxy groups -OCH3 is 2. The third-order valence-electron chi connectivity index (χ3n) is 1.58. The molecule has 1 rings (SSSR count). The lowest BCUT2D eigenvalue weighted by Crippen LogP contribution is -1.93. The average Bonchev–Trinajstić information content (AvgIpc) is 2.09. The van der Waals surface area contributed by atoms with Crippen molar-refractivity contribution < 1.29 is 14.6 Å². The summed E-state index contributed by atoms with van der Waals surface area (Å²) in [6.07, 6.45) is 1.51. The van der Waals surface area contributed by atoms with Gasteiger partial charge in [-0.2, -0.15) is 0 Å². The minimum absolute atomic E-state index is 0.0249.